The molecule has 2 aromatic rings. The minimum absolute atomic E-state index is 0.201. The van der Waals surface area contributed by atoms with Crippen molar-refractivity contribution in [3.63, 3.8) is 0 Å². The van der Waals surface area contributed by atoms with Gasteiger partial charge in [0.15, 0.2) is 24.6 Å². The third-order valence-corrected chi connectivity index (χ3v) is 6.50. The molecule has 5 atom stereocenters. The van der Waals surface area contributed by atoms with E-state index in [9.17, 15) is 19.2 Å². The first-order chi connectivity index (χ1) is 18.7. The van der Waals surface area contributed by atoms with Gasteiger partial charge in [-0.2, -0.15) is 0 Å². The number of rotatable bonds is 8. The number of halogens is 2. The lowest BCUT2D eigenvalue weighted by molar-refractivity contribution is -0.323. The van der Waals surface area contributed by atoms with Crippen LogP contribution in [0, 0.1) is 0 Å². The molecule has 12 heteroatoms. The van der Waals surface area contributed by atoms with Gasteiger partial charge >= 0.3 is 23.9 Å². The molecule has 1 heterocycles. The van der Waals surface area contributed by atoms with Gasteiger partial charge in [-0.05, 0) is 69.3 Å². The first-order valence-corrected chi connectivity index (χ1v) is 13.9. The van der Waals surface area contributed by atoms with E-state index in [0.717, 1.165) is 15.9 Å². The molecule has 1 saturated heterocycles. The van der Waals surface area contributed by atoms with Crippen LogP contribution in [0.25, 0.3) is 0 Å². The van der Waals surface area contributed by atoms with Crippen molar-refractivity contribution in [2.24, 2.45) is 0 Å². The van der Waals surface area contributed by atoms with E-state index in [-0.39, 0.29) is 11.1 Å². The van der Waals surface area contributed by atoms with Gasteiger partial charge in [-0.3, -0.25) is 9.59 Å². The van der Waals surface area contributed by atoms with Crippen LogP contribution in [0.1, 0.15) is 55.3 Å². The molecule has 2 aromatic carbocycles. The van der Waals surface area contributed by atoms with E-state index in [2.05, 4.69) is 31.9 Å². The maximum Gasteiger partial charge on any atom is 0.338 e. The van der Waals surface area contributed by atoms with Crippen molar-refractivity contribution >= 4 is 55.7 Å². The second-order valence-corrected chi connectivity index (χ2v) is 11.7. The second kappa shape index (κ2) is 13.7. The Bertz CT molecular complexity index is 1210. The summed E-state index contributed by atoms with van der Waals surface area (Å²) in [6.07, 6.45) is -6.42. The van der Waals surface area contributed by atoms with Crippen molar-refractivity contribution in [3.8, 4) is 0 Å². The summed E-state index contributed by atoms with van der Waals surface area (Å²) in [5, 5.41) is 0. The van der Waals surface area contributed by atoms with Crippen LogP contribution in [0.3, 0.4) is 0 Å². The first-order valence-electron chi connectivity index (χ1n) is 12.3. The lowest BCUT2D eigenvalue weighted by atomic mass is 9.97. The summed E-state index contributed by atoms with van der Waals surface area (Å²) in [5.41, 5.74) is -0.310. The van der Waals surface area contributed by atoms with Gasteiger partial charge in [0.1, 0.15) is 12.7 Å². The van der Waals surface area contributed by atoms with Crippen LogP contribution in [0.15, 0.2) is 57.5 Å². The smallest absolute Gasteiger partial charge is 0.338 e. The largest absolute Gasteiger partial charge is 0.459 e. The molecule has 1 aliphatic rings. The van der Waals surface area contributed by atoms with Gasteiger partial charge in [0, 0.05) is 22.8 Å². The van der Waals surface area contributed by atoms with Crippen LogP contribution in [-0.4, -0.2) is 66.8 Å². The van der Waals surface area contributed by atoms with Gasteiger partial charge in [0.05, 0.1) is 16.7 Å². The van der Waals surface area contributed by atoms with Gasteiger partial charge in [0.25, 0.3) is 0 Å². The van der Waals surface area contributed by atoms with Gasteiger partial charge in [-0.25, -0.2) is 9.59 Å². The molecule has 0 radical (unpaired) electrons. The Labute approximate surface area is 248 Å². The molecular weight excluding hydrogens is 656 g/mol. The molecule has 216 valence electrons. The summed E-state index contributed by atoms with van der Waals surface area (Å²) in [5.74, 6) is -2.85. The molecule has 1 aliphatic heterocycles. The molecular formula is C28H30Br2O10. The molecule has 0 N–H and O–H groups in total. The van der Waals surface area contributed by atoms with Crippen molar-refractivity contribution in [2.75, 3.05) is 6.61 Å². The zero-order valence-electron chi connectivity index (χ0n) is 22.6. The Kier molecular flexibility index (Phi) is 10.9. The minimum atomic E-state index is -1.35. The zero-order valence-corrected chi connectivity index (χ0v) is 25.7. The maximum atomic E-state index is 13.1. The highest BCUT2D eigenvalue weighted by atomic mass is 79.9. The highest BCUT2D eigenvalue weighted by molar-refractivity contribution is 9.10. The molecule has 0 aliphatic carbocycles. The predicted octanol–water partition coefficient (Wildman–Crippen LogP) is 5.00. The van der Waals surface area contributed by atoms with Gasteiger partial charge < -0.3 is 28.4 Å². The fraction of sp³-hybridized carbons (Fsp3) is 0.429. The first kappa shape index (κ1) is 31.7. The van der Waals surface area contributed by atoms with Crippen molar-refractivity contribution < 1.29 is 47.6 Å². The normalized spacial score (nSPS) is 22.6. The zero-order chi connectivity index (χ0) is 29.6. The fourth-order valence-electron chi connectivity index (χ4n) is 3.85. The number of hydrogen-bond donors (Lipinski definition) is 0. The van der Waals surface area contributed by atoms with Crippen molar-refractivity contribution in [1.29, 1.82) is 0 Å². The van der Waals surface area contributed by atoms with Gasteiger partial charge in [-0.1, -0.05) is 31.9 Å². The van der Waals surface area contributed by atoms with Crippen LogP contribution in [0.2, 0.25) is 0 Å². The third-order valence-electron chi connectivity index (χ3n) is 5.45. The molecule has 0 saturated carbocycles. The highest BCUT2D eigenvalue weighted by Crippen LogP contribution is 2.32. The lowest BCUT2D eigenvalue weighted by Crippen LogP contribution is -2.63. The third kappa shape index (κ3) is 9.12. The van der Waals surface area contributed by atoms with Crippen molar-refractivity contribution in [1.82, 2.24) is 0 Å². The summed E-state index contributed by atoms with van der Waals surface area (Å²) >= 11 is 6.63. The number of benzene rings is 2. The van der Waals surface area contributed by atoms with E-state index < -0.39 is 66.8 Å². The Morgan fingerprint density at radius 1 is 0.725 bits per heavy atom. The molecule has 40 heavy (non-hydrogen) atoms. The highest BCUT2D eigenvalue weighted by Gasteiger charge is 2.53. The molecule has 0 amide bonds. The second-order valence-electron chi connectivity index (χ2n) is 9.90. The van der Waals surface area contributed by atoms with E-state index in [1.165, 1.54) is 19.1 Å². The predicted molar refractivity (Wildman–Crippen MR) is 148 cm³/mol. The molecule has 10 nitrogen and oxygen atoms in total. The Hall–Kier alpha value is -2.80. The van der Waals surface area contributed by atoms with Crippen LogP contribution < -0.4 is 0 Å². The van der Waals surface area contributed by atoms with Crippen LogP contribution in [-0.2, 0) is 38.0 Å². The fourth-order valence-corrected chi connectivity index (χ4v) is 4.37. The van der Waals surface area contributed by atoms with Crippen LogP contribution in [0.5, 0.6) is 0 Å². The minimum Gasteiger partial charge on any atom is -0.459 e. The molecule has 3 rings (SSSR count). The van der Waals surface area contributed by atoms with E-state index in [1.807, 2.05) is 0 Å². The standard InChI is InChI=1S/C28H30Br2O10/c1-15(31)36-23-22(39-26(34)18-8-12-20(30)13-9-18)21(14-35-25(33)17-6-10-19(29)11-7-17)38-27(40-28(3,4)5)24(23)37-16(2)32/h6-13,21-24,27H,14H2,1-5H3/t21-,22+,23+,24-,27-/m1/s1. The quantitative estimate of drug-likeness (QED) is 0.277. The lowest BCUT2D eigenvalue weighted by Gasteiger charge is -2.45. The summed E-state index contributed by atoms with van der Waals surface area (Å²) in [4.78, 5) is 50.2. The van der Waals surface area contributed by atoms with E-state index in [4.69, 9.17) is 28.4 Å². The summed E-state index contributed by atoms with van der Waals surface area (Å²) in [6.45, 7) is 7.20. The van der Waals surface area contributed by atoms with Crippen molar-refractivity contribution in [3.05, 3.63) is 68.6 Å². The molecule has 0 unspecified atom stereocenters. The van der Waals surface area contributed by atoms with E-state index in [1.54, 1.807) is 57.2 Å². The Balaban J connectivity index is 1.98. The molecule has 0 aromatic heterocycles. The molecule has 0 bridgehead atoms. The van der Waals surface area contributed by atoms with Crippen LogP contribution in [0.4, 0.5) is 0 Å². The average Bonchev–Trinajstić information content (AvgIpc) is 2.85. The van der Waals surface area contributed by atoms with E-state index >= 15 is 0 Å². The van der Waals surface area contributed by atoms with E-state index in [0.29, 0.717) is 0 Å². The summed E-state index contributed by atoms with van der Waals surface area (Å²) in [7, 11) is 0. The number of carbonyl (C=O) groups is 4. The Morgan fingerprint density at radius 2 is 1.20 bits per heavy atom. The van der Waals surface area contributed by atoms with Gasteiger partial charge in [-0.15, -0.1) is 0 Å². The monoisotopic (exact) mass is 684 g/mol. The van der Waals surface area contributed by atoms with Crippen LogP contribution >= 0.6 is 31.9 Å². The van der Waals surface area contributed by atoms with Crippen molar-refractivity contribution in [2.45, 2.75) is 70.9 Å². The number of carbonyl (C=O) groups excluding carboxylic acids is 4. The number of hydrogen-bond acceptors (Lipinski definition) is 10. The molecule has 0 spiro atoms. The SMILES string of the molecule is CC(=O)O[C@H]1[C@@H](OC(=O)c2ccc(Br)cc2)[C@@H](COC(=O)c2ccc(Br)cc2)O[C@H](OC(C)(C)C)[C@@H]1OC(C)=O. The number of esters is 4. The average molecular weight is 686 g/mol. The summed E-state index contributed by atoms with van der Waals surface area (Å²) < 4.78 is 36.0. The Morgan fingerprint density at radius 3 is 1.68 bits per heavy atom. The molecule has 1 fully saturated rings. The summed E-state index contributed by atoms with van der Waals surface area (Å²) in [6, 6.07) is 12.9. The topological polar surface area (TPSA) is 124 Å². The maximum absolute atomic E-state index is 13.1. The van der Waals surface area contributed by atoms with Gasteiger partial charge in [0.2, 0.25) is 0 Å². The number of ether oxygens (including phenoxy) is 6.